The van der Waals surface area contributed by atoms with Crippen LogP contribution in [0.25, 0.3) is 0 Å². The molecule has 29 heavy (non-hydrogen) atoms. The van der Waals surface area contributed by atoms with Gasteiger partial charge in [0.05, 0.1) is 17.0 Å². The molecule has 0 spiro atoms. The average molecular weight is 414 g/mol. The predicted molar refractivity (Wildman–Crippen MR) is 108 cm³/mol. The minimum atomic E-state index is -3.84. The zero-order valence-electron chi connectivity index (χ0n) is 16.2. The predicted octanol–water partition coefficient (Wildman–Crippen LogP) is 1.72. The summed E-state index contributed by atoms with van der Waals surface area (Å²) in [6.07, 6.45) is 5.05. The maximum atomic E-state index is 12.3. The van der Waals surface area contributed by atoms with Crippen molar-refractivity contribution in [2.45, 2.75) is 18.4 Å². The molecule has 0 bridgehead atoms. The lowest BCUT2D eigenvalue weighted by atomic mass is 10.1. The first-order chi connectivity index (χ1) is 13.7. The van der Waals surface area contributed by atoms with Gasteiger partial charge in [0.1, 0.15) is 0 Å². The van der Waals surface area contributed by atoms with E-state index >= 15 is 0 Å². The molecular formula is C21H22N2O5S. The summed E-state index contributed by atoms with van der Waals surface area (Å²) < 4.78 is 31.5. The molecule has 0 saturated heterocycles. The average Bonchev–Trinajstić information content (AvgIpc) is 2.72. The Hall–Kier alpha value is -3.15. The molecule has 0 heterocycles. The Balaban J connectivity index is 1.98. The molecule has 2 aromatic rings. The highest BCUT2D eigenvalue weighted by Gasteiger charge is 2.18. The van der Waals surface area contributed by atoms with Crippen LogP contribution in [0.4, 0.5) is 0 Å². The molecule has 7 nitrogen and oxygen atoms in total. The second-order valence-electron chi connectivity index (χ2n) is 6.31. The second kappa shape index (κ2) is 9.87. The SMILES string of the molecule is C#CCNS(=O)(=O)c1cccc(C(=O)OCC(=O)N(C)Cc2ccccc2C)c1. The third-order valence-electron chi connectivity index (χ3n) is 4.17. The third-order valence-corrected chi connectivity index (χ3v) is 5.56. The van der Waals surface area contributed by atoms with Gasteiger partial charge in [0, 0.05) is 13.6 Å². The first-order valence-electron chi connectivity index (χ1n) is 8.73. The minimum Gasteiger partial charge on any atom is -0.452 e. The van der Waals surface area contributed by atoms with Crippen molar-refractivity contribution >= 4 is 21.9 Å². The van der Waals surface area contributed by atoms with Crippen molar-refractivity contribution < 1.29 is 22.7 Å². The molecule has 0 aliphatic rings. The normalized spacial score (nSPS) is 10.8. The number of hydrogen-bond acceptors (Lipinski definition) is 5. The second-order valence-corrected chi connectivity index (χ2v) is 8.08. The molecule has 2 aromatic carbocycles. The molecule has 8 heteroatoms. The summed E-state index contributed by atoms with van der Waals surface area (Å²) in [5.41, 5.74) is 2.07. The fraction of sp³-hybridized carbons (Fsp3) is 0.238. The van der Waals surface area contributed by atoms with Gasteiger partial charge in [0.2, 0.25) is 10.0 Å². The molecule has 152 valence electrons. The third kappa shape index (κ3) is 6.17. The number of sulfonamides is 1. The van der Waals surface area contributed by atoms with Crippen molar-refractivity contribution in [3.63, 3.8) is 0 Å². The summed E-state index contributed by atoms with van der Waals surface area (Å²) >= 11 is 0. The highest BCUT2D eigenvalue weighted by atomic mass is 32.2. The van der Waals surface area contributed by atoms with E-state index in [4.69, 9.17) is 11.2 Å². The summed E-state index contributed by atoms with van der Waals surface area (Å²) in [4.78, 5) is 25.8. The van der Waals surface area contributed by atoms with Crippen LogP contribution in [-0.4, -0.2) is 45.4 Å². The Morgan fingerprint density at radius 1 is 1.17 bits per heavy atom. The van der Waals surface area contributed by atoms with Crippen molar-refractivity contribution in [1.29, 1.82) is 0 Å². The van der Waals surface area contributed by atoms with Gasteiger partial charge in [-0.15, -0.1) is 6.42 Å². The zero-order chi connectivity index (χ0) is 21.4. The van der Waals surface area contributed by atoms with E-state index in [2.05, 4.69) is 10.6 Å². The maximum Gasteiger partial charge on any atom is 0.338 e. The molecule has 0 aliphatic heterocycles. The number of benzene rings is 2. The maximum absolute atomic E-state index is 12.3. The quantitative estimate of drug-likeness (QED) is 0.525. The van der Waals surface area contributed by atoms with Crippen LogP contribution in [0.3, 0.4) is 0 Å². The summed E-state index contributed by atoms with van der Waals surface area (Å²) in [5, 5.41) is 0. The molecule has 0 fully saturated rings. The Morgan fingerprint density at radius 3 is 2.59 bits per heavy atom. The molecule has 0 aliphatic carbocycles. The minimum absolute atomic E-state index is 0.0166. The van der Waals surface area contributed by atoms with Gasteiger partial charge in [0.25, 0.3) is 5.91 Å². The number of nitrogens with one attached hydrogen (secondary N) is 1. The van der Waals surface area contributed by atoms with E-state index in [1.165, 1.54) is 29.2 Å². The number of likely N-dealkylation sites (N-methyl/N-ethyl adjacent to an activating group) is 1. The van der Waals surface area contributed by atoms with Crippen LogP contribution in [0.1, 0.15) is 21.5 Å². The lowest BCUT2D eigenvalue weighted by molar-refractivity contribution is -0.133. The molecule has 0 saturated carbocycles. The molecule has 1 N–H and O–H groups in total. The van der Waals surface area contributed by atoms with Gasteiger partial charge in [-0.1, -0.05) is 36.3 Å². The van der Waals surface area contributed by atoms with E-state index in [-0.39, 0.29) is 22.9 Å². The number of nitrogens with zero attached hydrogens (tertiary/aromatic N) is 1. The van der Waals surface area contributed by atoms with Gasteiger partial charge in [-0.25, -0.2) is 13.2 Å². The lowest BCUT2D eigenvalue weighted by Crippen LogP contribution is -2.31. The number of amides is 1. The standard InChI is InChI=1S/C21H22N2O5S/c1-4-12-22-29(26,27)19-11-7-10-17(13-19)21(25)28-15-20(24)23(3)14-18-9-6-5-8-16(18)2/h1,5-11,13,22H,12,14-15H2,2-3H3. The van der Waals surface area contributed by atoms with Crippen LogP contribution in [0.5, 0.6) is 0 Å². The van der Waals surface area contributed by atoms with E-state index in [0.717, 1.165) is 11.1 Å². The highest BCUT2D eigenvalue weighted by molar-refractivity contribution is 7.89. The van der Waals surface area contributed by atoms with E-state index in [1.807, 2.05) is 31.2 Å². The summed E-state index contributed by atoms with van der Waals surface area (Å²) in [6, 6.07) is 13.0. The molecule has 0 atom stereocenters. The Morgan fingerprint density at radius 2 is 1.90 bits per heavy atom. The van der Waals surface area contributed by atoms with E-state index < -0.39 is 22.6 Å². The number of carbonyl (C=O) groups excluding carboxylic acids is 2. The highest BCUT2D eigenvalue weighted by Crippen LogP contribution is 2.13. The molecule has 0 aromatic heterocycles. The molecule has 0 unspecified atom stereocenters. The van der Waals surface area contributed by atoms with E-state index in [0.29, 0.717) is 6.54 Å². The Labute approximate surface area is 170 Å². The zero-order valence-corrected chi connectivity index (χ0v) is 17.0. The van der Waals surface area contributed by atoms with Gasteiger partial charge in [0.15, 0.2) is 6.61 Å². The van der Waals surface area contributed by atoms with Crippen molar-refractivity contribution in [2.75, 3.05) is 20.2 Å². The van der Waals surface area contributed by atoms with Crippen LogP contribution < -0.4 is 4.72 Å². The fourth-order valence-electron chi connectivity index (χ4n) is 2.46. The lowest BCUT2D eigenvalue weighted by Gasteiger charge is -2.18. The van der Waals surface area contributed by atoms with Crippen molar-refractivity contribution in [3.8, 4) is 12.3 Å². The fourth-order valence-corrected chi connectivity index (χ4v) is 3.44. The number of aryl methyl sites for hydroxylation is 1. The Bertz CT molecular complexity index is 1040. The largest absolute Gasteiger partial charge is 0.452 e. The molecule has 1 amide bonds. The van der Waals surface area contributed by atoms with E-state index in [9.17, 15) is 18.0 Å². The Kier molecular flexibility index (Phi) is 7.53. The number of rotatable bonds is 8. The molecule has 2 rings (SSSR count). The molecular weight excluding hydrogens is 392 g/mol. The van der Waals surface area contributed by atoms with E-state index in [1.54, 1.807) is 7.05 Å². The van der Waals surface area contributed by atoms with Crippen molar-refractivity contribution in [2.24, 2.45) is 0 Å². The topological polar surface area (TPSA) is 92.8 Å². The van der Waals surface area contributed by atoms with Crippen LogP contribution in [0.2, 0.25) is 0 Å². The summed E-state index contributed by atoms with van der Waals surface area (Å²) in [5.74, 6) is 1.00. The number of ether oxygens (including phenoxy) is 1. The number of hydrogen-bond donors (Lipinski definition) is 1. The van der Waals surface area contributed by atoms with Gasteiger partial charge in [-0.2, -0.15) is 4.72 Å². The van der Waals surface area contributed by atoms with Gasteiger partial charge < -0.3 is 9.64 Å². The number of terminal acetylenes is 1. The van der Waals surface area contributed by atoms with Gasteiger partial charge >= 0.3 is 5.97 Å². The van der Waals surface area contributed by atoms with Crippen molar-refractivity contribution in [3.05, 3.63) is 65.2 Å². The molecule has 0 radical (unpaired) electrons. The van der Waals surface area contributed by atoms with Gasteiger partial charge in [-0.3, -0.25) is 4.79 Å². The van der Waals surface area contributed by atoms with Crippen LogP contribution in [-0.2, 0) is 26.1 Å². The number of carbonyl (C=O) groups is 2. The summed E-state index contributed by atoms with van der Waals surface area (Å²) in [6.45, 7) is 1.72. The first kappa shape index (κ1) is 22.1. The van der Waals surface area contributed by atoms with Gasteiger partial charge in [-0.05, 0) is 36.2 Å². The smallest absolute Gasteiger partial charge is 0.338 e. The summed E-state index contributed by atoms with van der Waals surface area (Å²) in [7, 11) is -2.22. The monoisotopic (exact) mass is 414 g/mol. The van der Waals surface area contributed by atoms with Crippen LogP contribution in [0.15, 0.2) is 53.4 Å². The number of esters is 1. The first-order valence-corrected chi connectivity index (χ1v) is 10.2. The van der Waals surface area contributed by atoms with Crippen molar-refractivity contribution in [1.82, 2.24) is 9.62 Å². The van der Waals surface area contributed by atoms with Crippen LogP contribution in [0, 0.1) is 19.3 Å². The van der Waals surface area contributed by atoms with Crippen LogP contribution >= 0.6 is 0 Å².